The fourth-order valence-corrected chi connectivity index (χ4v) is 3.11. The Bertz CT molecular complexity index is 954. The van der Waals surface area contributed by atoms with Gasteiger partial charge in [0.25, 0.3) is 0 Å². The molecule has 3 rings (SSSR count). The molecule has 1 unspecified atom stereocenters. The third-order valence-corrected chi connectivity index (χ3v) is 4.60. The molecular weight excluding hydrogens is 465 g/mol. The molecule has 0 amide bonds. The summed E-state index contributed by atoms with van der Waals surface area (Å²) in [6.45, 7) is 2.54. The number of nitrogens with zero attached hydrogens (tertiary/aromatic N) is 1. The molecule has 148 valence electrons. The Morgan fingerprint density at radius 3 is 2.61 bits per heavy atom. The summed E-state index contributed by atoms with van der Waals surface area (Å²) in [6.07, 6.45) is 0. The van der Waals surface area contributed by atoms with Crippen molar-refractivity contribution in [3.63, 3.8) is 0 Å². The minimum absolute atomic E-state index is 0. The number of aliphatic imine (C=N–C) groups is 1. The maximum absolute atomic E-state index is 10.0. The number of hydrogen-bond donors (Lipinski definition) is 3. The van der Waals surface area contributed by atoms with E-state index < -0.39 is 0 Å². The second kappa shape index (κ2) is 10.2. The van der Waals surface area contributed by atoms with Crippen molar-refractivity contribution in [3.05, 3.63) is 71.8 Å². The van der Waals surface area contributed by atoms with Gasteiger partial charge in [-0.05, 0) is 41.5 Å². The molecule has 0 saturated carbocycles. The molecule has 0 aliphatic heterocycles. The third-order valence-electron chi connectivity index (χ3n) is 4.60. The molecule has 1 atom stereocenters. The number of methoxy groups -OCH3 is 1. The highest BCUT2D eigenvalue weighted by atomic mass is 127. The van der Waals surface area contributed by atoms with Crippen LogP contribution in [0.3, 0.4) is 0 Å². The number of guanidine groups is 1. The van der Waals surface area contributed by atoms with Gasteiger partial charge >= 0.3 is 0 Å². The Kier molecular flexibility index (Phi) is 7.92. The predicted molar refractivity (Wildman–Crippen MR) is 126 cm³/mol. The zero-order valence-corrected chi connectivity index (χ0v) is 18.6. The van der Waals surface area contributed by atoms with Gasteiger partial charge in [0, 0.05) is 19.2 Å². The Balaban J connectivity index is 0.00000280. The van der Waals surface area contributed by atoms with Crippen LogP contribution in [-0.2, 0) is 6.54 Å². The van der Waals surface area contributed by atoms with E-state index in [1.165, 1.54) is 16.3 Å². The summed E-state index contributed by atoms with van der Waals surface area (Å²) in [7, 11) is 3.34. The summed E-state index contributed by atoms with van der Waals surface area (Å²) in [6, 6.07) is 19.9. The Hall–Kier alpha value is -2.48. The van der Waals surface area contributed by atoms with Gasteiger partial charge in [-0.1, -0.05) is 42.5 Å². The summed E-state index contributed by atoms with van der Waals surface area (Å²) in [4.78, 5) is 4.30. The summed E-state index contributed by atoms with van der Waals surface area (Å²) in [5.41, 5.74) is 1.95. The quantitative estimate of drug-likeness (QED) is 0.278. The predicted octanol–water partition coefficient (Wildman–Crippen LogP) is 4.60. The van der Waals surface area contributed by atoms with Gasteiger partial charge in [-0.15, -0.1) is 24.0 Å². The van der Waals surface area contributed by atoms with Crippen LogP contribution in [0.5, 0.6) is 11.5 Å². The molecule has 6 heteroatoms. The largest absolute Gasteiger partial charge is 0.508 e. The lowest BCUT2D eigenvalue weighted by Gasteiger charge is -2.20. The molecule has 0 aliphatic carbocycles. The lowest BCUT2D eigenvalue weighted by Crippen LogP contribution is -2.38. The van der Waals surface area contributed by atoms with E-state index in [-0.39, 0.29) is 35.8 Å². The minimum Gasteiger partial charge on any atom is -0.508 e. The Labute approximate surface area is 182 Å². The summed E-state index contributed by atoms with van der Waals surface area (Å²) >= 11 is 0. The van der Waals surface area contributed by atoms with Crippen LogP contribution in [0.2, 0.25) is 0 Å². The lowest BCUT2D eigenvalue weighted by atomic mass is 10.00. The van der Waals surface area contributed by atoms with E-state index >= 15 is 0 Å². The van der Waals surface area contributed by atoms with Crippen molar-refractivity contribution >= 4 is 40.7 Å². The molecule has 0 radical (unpaired) electrons. The van der Waals surface area contributed by atoms with Crippen LogP contribution < -0.4 is 15.4 Å². The molecule has 28 heavy (non-hydrogen) atoms. The first-order chi connectivity index (χ1) is 13.1. The van der Waals surface area contributed by atoms with E-state index in [1.807, 2.05) is 12.1 Å². The molecule has 0 bridgehead atoms. The average Bonchev–Trinajstić information content (AvgIpc) is 2.71. The van der Waals surface area contributed by atoms with Crippen molar-refractivity contribution in [1.29, 1.82) is 0 Å². The smallest absolute Gasteiger partial charge is 0.191 e. The van der Waals surface area contributed by atoms with Gasteiger partial charge in [-0.25, -0.2) is 0 Å². The van der Waals surface area contributed by atoms with Crippen LogP contribution in [0.4, 0.5) is 0 Å². The van der Waals surface area contributed by atoms with E-state index in [1.54, 1.807) is 26.3 Å². The second-order valence-corrected chi connectivity index (χ2v) is 6.35. The normalized spacial score (nSPS) is 12.2. The van der Waals surface area contributed by atoms with Crippen LogP contribution in [0.15, 0.2) is 65.7 Å². The number of fused-ring (bicyclic) bond motifs is 1. The first-order valence-electron chi connectivity index (χ1n) is 8.93. The standard InChI is InChI=1S/C22H25N3O2.HI/c1-15(19-10-6-8-16-7-4-5-9-20(16)19)25-22(23-2)24-14-17-13-18(27-3)11-12-21(17)26;/h4-13,15,26H,14H2,1-3H3,(H2,23,24,25);1H. The van der Waals surface area contributed by atoms with Crippen LogP contribution in [0, 0.1) is 0 Å². The zero-order valence-electron chi connectivity index (χ0n) is 16.3. The third kappa shape index (κ3) is 5.07. The summed E-state index contributed by atoms with van der Waals surface area (Å²) in [5.74, 6) is 1.59. The molecule has 0 fully saturated rings. The first-order valence-corrected chi connectivity index (χ1v) is 8.93. The van der Waals surface area contributed by atoms with Crippen molar-refractivity contribution in [1.82, 2.24) is 10.6 Å². The van der Waals surface area contributed by atoms with Gasteiger partial charge in [-0.3, -0.25) is 4.99 Å². The number of hydrogen-bond acceptors (Lipinski definition) is 3. The van der Waals surface area contributed by atoms with Gasteiger partial charge < -0.3 is 20.5 Å². The molecular formula is C22H26IN3O2. The van der Waals surface area contributed by atoms with Gasteiger partial charge in [0.15, 0.2) is 5.96 Å². The number of rotatable bonds is 5. The SMILES string of the molecule is CN=C(NCc1cc(OC)ccc1O)NC(C)c1cccc2ccccc12.I. The van der Waals surface area contributed by atoms with E-state index in [0.717, 1.165) is 5.56 Å². The fourth-order valence-electron chi connectivity index (χ4n) is 3.11. The molecule has 0 aromatic heterocycles. The van der Waals surface area contributed by atoms with Crippen LogP contribution >= 0.6 is 24.0 Å². The Morgan fingerprint density at radius 2 is 1.86 bits per heavy atom. The number of benzene rings is 3. The summed E-state index contributed by atoms with van der Waals surface area (Å²) < 4.78 is 5.22. The van der Waals surface area contributed by atoms with Crippen LogP contribution in [-0.4, -0.2) is 25.2 Å². The molecule has 0 saturated heterocycles. The number of ether oxygens (including phenoxy) is 1. The van der Waals surface area contributed by atoms with E-state index in [2.05, 4.69) is 58.9 Å². The first kappa shape index (κ1) is 21.8. The molecule has 0 aliphatic rings. The van der Waals surface area contributed by atoms with Gasteiger partial charge in [0.2, 0.25) is 0 Å². The van der Waals surface area contributed by atoms with E-state index in [9.17, 15) is 5.11 Å². The maximum atomic E-state index is 10.0. The molecule has 3 aromatic carbocycles. The highest BCUT2D eigenvalue weighted by Gasteiger charge is 2.11. The number of aromatic hydroxyl groups is 1. The minimum atomic E-state index is 0. The average molecular weight is 491 g/mol. The topological polar surface area (TPSA) is 65.9 Å². The molecule has 0 spiro atoms. The van der Waals surface area contributed by atoms with Crippen LogP contribution in [0.1, 0.15) is 24.1 Å². The van der Waals surface area contributed by atoms with Crippen molar-refractivity contribution in [2.75, 3.05) is 14.2 Å². The number of halogens is 1. The Morgan fingerprint density at radius 1 is 1.11 bits per heavy atom. The number of phenols is 1. The molecule has 3 N–H and O–H groups in total. The monoisotopic (exact) mass is 491 g/mol. The van der Waals surface area contributed by atoms with E-state index in [0.29, 0.717) is 18.3 Å². The maximum Gasteiger partial charge on any atom is 0.191 e. The van der Waals surface area contributed by atoms with Crippen molar-refractivity contribution in [3.8, 4) is 11.5 Å². The van der Waals surface area contributed by atoms with E-state index in [4.69, 9.17) is 4.74 Å². The second-order valence-electron chi connectivity index (χ2n) is 6.35. The van der Waals surface area contributed by atoms with Crippen LogP contribution in [0.25, 0.3) is 10.8 Å². The highest BCUT2D eigenvalue weighted by Crippen LogP contribution is 2.24. The number of phenolic OH excluding ortho intramolecular Hbond substituents is 1. The highest BCUT2D eigenvalue weighted by molar-refractivity contribution is 14.0. The molecule has 0 heterocycles. The summed E-state index contributed by atoms with van der Waals surface area (Å²) in [5, 5.41) is 19.1. The zero-order chi connectivity index (χ0) is 19.2. The van der Waals surface area contributed by atoms with Gasteiger partial charge in [0.05, 0.1) is 13.2 Å². The molecule has 3 aromatic rings. The lowest BCUT2D eigenvalue weighted by molar-refractivity contribution is 0.410. The van der Waals surface area contributed by atoms with Crippen molar-refractivity contribution in [2.24, 2.45) is 4.99 Å². The fraction of sp³-hybridized carbons (Fsp3) is 0.227. The number of nitrogens with one attached hydrogen (secondary N) is 2. The van der Waals surface area contributed by atoms with Gasteiger partial charge in [0.1, 0.15) is 11.5 Å². The van der Waals surface area contributed by atoms with Crippen molar-refractivity contribution < 1.29 is 9.84 Å². The molecule has 5 nitrogen and oxygen atoms in total. The van der Waals surface area contributed by atoms with Gasteiger partial charge in [-0.2, -0.15) is 0 Å². The van der Waals surface area contributed by atoms with Crippen molar-refractivity contribution in [2.45, 2.75) is 19.5 Å².